The topological polar surface area (TPSA) is 3.24 Å². The molecule has 1 heterocycles. The molecule has 0 saturated heterocycles. The number of halogens is 2. The molecule has 68 valence electrons. The lowest BCUT2D eigenvalue weighted by molar-refractivity contribution is 0.583. The van der Waals surface area contributed by atoms with E-state index in [1.165, 1.54) is 30.0 Å². The summed E-state index contributed by atoms with van der Waals surface area (Å²) in [7, 11) is 0. The highest BCUT2D eigenvalue weighted by Crippen LogP contribution is 2.28. The van der Waals surface area contributed by atoms with E-state index in [1.807, 2.05) is 5.41 Å². The van der Waals surface area contributed by atoms with Gasteiger partial charge in [-0.3, -0.25) is 0 Å². The molecule has 0 bridgehead atoms. The lowest BCUT2D eigenvalue weighted by atomic mass is 10.3. The molecule has 1 aliphatic heterocycles. The van der Waals surface area contributed by atoms with Gasteiger partial charge in [-0.1, -0.05) is 6.07 Å². The Morgan fingerprint density at radius 1 is 1.23 bits per heavy atom. The summed E-state index contributed by atoms with van der Waals surface area (Å²) in [5, 5.41) is 1.81. The van der Waals surface area contributed by atoms with E-state index < -0.39 is 11.6 Å². The Hall–Kier alpha value is -1.03. The molecule has 13 heavy (non-hydrogen) atoms. The summed E-state index contributed by atoms with van der Waals surface area (Å²) in [6.45, 7) is 0. The van der Waals surface area contributed by atoms with Crippen LogP contribution in [0.25, 0.3) is 0 Å². The maximum atomic E-state index is 13.2. The fourth-order valence-electron chi connectivity index (χ4n) is 1.19. The second-order valence-corrected chi connectivity index (χ2v) is 3.48. The van der Waals surface area contributed by atoms with Crippen LogP contribution in [0.5, 0.6) is 0 Å². The van der Waals surface area contributed by atoms with Gasteiger partial charge in [0, 0.05) is 6.20 Å². The number of hydrogen-bond donors (Lipinski definition) is 0. The third kappa shape index (κ3) is 1.54. The van der Waals surface area contributed by atoms with E-state index in [4.69, 9.17) is 0 Å². The van der Waals surface area contributed by atoms with Crippen molar-refractivity contribution >= 4 is 17.4 Å². The van der Waals surface area contributed by atoms with Crippen LogP contribution in [0.2, 0.25) is 0 Å². The number of para-hydroxylation sites is 1. The summed E-state index contributed by atoms with van der Waals surface area (Å²) in [5.74, 6) is -0.475. The Kier molecular flexibility index (Phi) is 2.22. The van der Waals surface area contributed by atoms with Crippen LogP contribution in [0.1, 0.15) is 0 Å². The Labute approximate surface area is 79.0 Å². The van der Waals surface area contributed by atoms with Gasteiger partial charge in [0.05, 0.1) is 5.88 Å². The highest BCUT2D eigenvalue weighted by atomic mass is 32.2. The van der Waals surface area contributed by atoms with E-state index >= 15 is 0 Å². The first-order chi connectivity index (χ1) is 6.29. The summed E-state index contributed by atoms with van der Waals surface area (Å²) >= 11 is 1.51. The van der Waals surface area contributed by atoms with E-state index in [9.17, 15) is 8.78 Å². The first kappa shape index (κ1) is 8.56. The van der Waals surface area contributed by atoms with Crippen molar-refractivity contribution in [2.75, 3.05) is 10.8 Å². The Balaban J connectivity index is 2.43. The zero-order valence-electron chi connectivity index (χ0n) is 6.71. The number of thioether (sulfide) groups is 1. The molecule has 0 aromatic heterocycles. The highest BCUT2D eigenvalue weighted by molar-refractivity contribution is 8.02. The van der Waals surface area contributed by atoms with Crippen molar-refractivity contribution in [3.63, 3.8) is 0 Å². The molecular weight excluding hydrogens is 192 g/mol. The lowest BCUT2D eigenvalue weighted by Gasteiger charge is -2.15. The first-order valence-corrected chi connectivity index (χ1v) is 4.83. The van der Waals surface area contributed by atoms with Gasteiger partial charge in [-0.15, -0.1) is 11.8 Å². The molecule has 4 heteroatoms. The van der Waals surface area contributed by atoms with E-state index in [2.05, 4.69) is 0 Å². The van der Waals surface area contributed by atoms with Gasteiger partial charge >= 0.3 is 0 Å². The summed E-state index contributed by atoms with van der Waals surface area (Å²) in [4.78, 5) is 1.55. The van der Waals surface area contributed by atoms with Crippen LogP contribution in [0.15, 0.2) is 29.8 Å². The molecule has 0 N–H and O–H groups in total. The summed E-state index contributed by atoms with van der Waals surface area (Å²) < 4.78 is 26.4. The Morgan fingerprint density at radius 2 is 1.92 bits per heavy atom. The van der Waals surface area contributed by atoms with Crippen molar-refractivity contribution in [1.82, 2.24) is 0 Å². The summed E-state index contributed by atoms with van der Waals surface area (Å²) in [6.07, 6.45) is 1.67. The average molecular weight is 199 g/mol. The van der Waals surface area contributed by atoms with Gasteiger partial charge in [-0.2, -0.15) is 0 Å². The maximum Gasteiger partial charge on any atom is 0.149 e. The van der Waals surface area contributed by atoms with Crippen molar-refractivity contribution in [2.24, 2.45) is 0 Å². The van der Waals surface area contributed by atoms with Crippen molar-refractivity contribution in [1.29, 1.82) is 0 Å². The molecule has 0 aliphatic carbocycles. The Bertz CT molecular complexity index is 331. The molecule has 1 aliphatic rings. The fourth-order valence-corrected chi connectivity index (χ4v) is 1.88. The largest absolute Gasteiger partial charge is 0.333 e. The van der Waals surface area contributed by atoms with Gasteiger partial charge in [-0.05, 0) is 17.5 Å². The van der Waals surface area contributed by atoms with E-state index in [-0.39, 0.29) is 5.69 Å². The number of hydrogen-bond acceptors (Lipinski definition) is 2. The number of benzene rings is 1. The van der Waals surface area contributed by atoms with Gasteiger partial charge in [-0.25, -0.2) is 8.78 Å². The van der Waals surface area contributed by atoms with Gasteiger partial charge in [0.2, 0.25) is 0 Å². The summed E-state index contributed by atoms with van der Waals surface area (Å²) in [6, 6.07) is 3.88. The maximum absolute atomic E-state index is 13.2. The van der Waals surface area contributed by atoms with Crippen molar-refractivity contribution in [3.05, 3.63) is 41.4 Å². The minimum Gasteiger partial charge on any atom is -0.333 e. The van der Waals surface area contributed by atoms with E-state index in [1.54, 1.807) is 11.1 Å². The molecule has 0 amide bonds. The lowest BCUT2D eigenvalue weighted by Crippen LogP contribution is -2.14. The molecule has 1 aromatic rings. The standard InChI is InChI=1S/C9H7F2NS/c10-7-2-1-3-8(11)9(7)12-4-5-13-6-12/h1-5H,6H2. The molecule has 0 atom stereocenters. The molecule has 2 rings (SSSR count). The van der Waals surface area contributed by atoms with Crippen LogP contribution in [0.3, 0.4) is 0 Å². The van der Waals surface area contributed by atoms with Gasteiger partial charge in [0.15, 0.2) is 0 Å². The normalized spacial score (nSPS) is 15.4. The minimum atomic E-state index is -0.521. The van der Waals surface area contributed by atoms with Crippen LogP contribution < -0.4 is 4.90 Å². The number of rotatable bonds is 1. The molecule has 0 saturated carbocycles. The monoisotopic (exact) mass is 199 g/mol. The van der Waals surface area contributed by atoms with Gasteiger partial charge in [0.1, 0.15) is 17.3 Å². The third-order valence-corrected chi connectivity index (χ3v) is 2.52. The number of anilines is 1. The fraction of sp³-hybridized carbons (Fsp3) is 0.111. The van der Waals surface area contributed by atoms with E-state index in [0.717, 1.165) is 0 Å². The number of nitrogens with zero attached hydrogens (tertiary/aromatic N) is 1. The molecule has 0 fully saturated rings. The van der Waals surface area contributed by atoms with Crippen LogP contribution in [-0.4, -0.2) is 5.88 Å². The summed E-state index contributed by atoms with van der Waals surface area (Å²) in [5.41, 5.74) is 0.0313. The predicted molar refractivity (Wildman–Crippen MR) is 50.4 cm³/mol. The quantitative estimate of drug-likeness (QED) is 0.684. The van der Waals surface area contributed by atoms with Crippen LogP contribution >= 0.6 is 11.8 Å². The minimum absolute atomic E-state index is 0.0313. The Morgan fingerprint density at radius 3 is 2.46 bits per heavy atom. The van der Waals surface area contributed by atoms with E-state index in [0.29, 0.717) is 5.88 Å². The van der Waals surface area contributed by atoms with Crippen LogP contribution in [0.4, 0.5) is 14.5 Å². The molecule has 1 aromatic carbocycles. The SMILES string of the molecule is Fc1cccc(F)c1N1C=CSC1. The zero-order valence-corrected chi connectivity index (χ0v) is 7.52. The average Bonchev–Trinajstić information content (AvgIpc) is 2.57. The predicted octanol–water partition coefficient (Wildman–Crippen LogP) is 2.95. The molecule has 0 spiro atoms. The third-order valence-electron chi connectivity index (χ3n) is 1.78. The van der Waals surface area contributed by atoms with Crippen molar-refractivity contribution in [2.45, 2.75) is 0 Å². The first-order valence-electron chi connectivity index (χ1n) is 3.78. The molecule has 0 unspecified atom stereocenters. The zero-order chi connectivity index (χ0) is 9.26. The van der Waals surface area contributed by atoms with Crippen LogP contribution in [-0.2, 0) is 0 Å². The van der Waals surface area contributed by atoms with Gasteiger partial charge < -0.3 is 4.90 Å². The second kappa shape index (κ2) is 3.38. The molecular formula is C9H7F2NS. The van der Waals surface area contributed by atoms with Crippen LogP contribution in [0, 0.1) is 11.6 Å². The van der Waals surface area contributed by atoms with Gasteiger partial charge in [0.25, 0.3) is 0 Å². The molecule has 0 radical (unpaired) electrons. The smallest absolute Gasteiger partial charge is 0.149 e. The molecule has 1 nitrogen and oxygen atoms in total. The highest BCUT2D eigenvalue weighted by Gasteiger charge is 2.16. The second-order valence-electron chi connectivity index (χ2n) is 2.62. The van der Waals surface area contributed by atoms with Crippen molar-refractivity contribution in [3.8, 4) is 0 Å². The van der Waals surface area contributed by atoms with Crippen molar-refractivity contribution < 1.29 is 8.78 Å².